The van der Waals surface area contributed by atoms with Gasteiger partial charge < -0.3 is 10.4 Å². The van der Waals surface area contributed by atoms with Crippen LogP contribution in [0.5, 0.6) is 0 Å². The fraction of sp³-hybridized carbons (Fsp3) is 0.385. The van der Waals surface area contributed by atoms with Crippen LogP contribution in [-0.2, 0) is 20.4 Å². The largest absolute Gasteiger partial charge is 0.480 e. The number of carbonyl (C=O) groups excluding carboxylic acids is 1. The zero-order valence-corrected chi connectivity index (χ0v) is 11.6. The van der Waals surface area contributed by atoms with Crippen molar-refractivity contribution in [3.8, 4) is 0 Å². The third-order valence-corrected chi connectivity index (χ3v) is 4.39. The molecule has 0 aliphatic carbocycles. The van der Waals surface area contributed by atoms with Gasteiger partial charge in [0.1, 0.15) is 6.04 Å². The fourth-order valence-electron chi connectivity index (χ4n) is 1.60. The third-order valence-electron chi connectivity index (χ3n) is 2.67. The minimum Gasteiger partial charge on any atom is -0.480 e. The molecular formula is C13H17NO4S. The summed E-state index contributed by atoms with van der Waals surface area (Å²) in [7, 11) is -1.38. The van der Waals surface area contributed by atoms with E-state index in [1.54, 1.807) is 6.92 Å². The summed E-state index contributed by atoms with van der Waals surface area (Å²) in [6, 6.07) is 8.10. The fourth-order valence-corrected chi connectivity index (χ4v) is 2.91. The van der Waals surface area contributed by atoms with Crippen LogP contribution in [0.15, 0.2) is 30.3 Å². The second-order valence-electron chi connectivity index (χ2n) is 4.19. The summed E-state index contributed by atoms with van der Waals surface area (Å²) in [4.78, 5) is 21.9. The van der Waals surface area contributed by atoms with E-state index in [9.17, 15) is 13.8 Å². The highest BCUT2D eigenvalue weighted by molar-refractivity contribution is 7.85. The van der Waals surface area contributed by atoms with Crippen molar-refractivity contribution >= 4 is 22.7 Å². The number of aliphatic carboxylic acids is 1. The molecule has 3 unspecified atom stereocenters. The molecule has 2 N–H and O–H groups in total. The van der Waals surface area contributed by atoms with Crippen molar-refractivity contribution in [2.24, 2.45) is 0 Å². The molecule has 0 aliphatic rings. The zero-order valence-electron chi connectivity index (χ0n) is 10.8. The Morgan fingerprint density at radius 3 is 2.37 bits per heavy atom. The number of rotatable bonds is 6. The molecule has 1 rings (SSSR count). The Labute approximate surface area is 114 Å². The Balaban J connectivity index is 2.72. The zero-order chi connectivity index (χ0) is 14.4. The molecule has 0 saturated heterocycles. The first-order valence-electron chi connectivity index (χ1n) is 5.84. The first-order valence-corrected chi connectivity index (χ1v) is 7.22. The number of carboxylic acids is 1. The lowest BCUT2D eigenvalue weighted by molar-refractivity contribution is -0.140. The first kappa shape index (κ1) is 15.4. The van der Waals surface area contributed by atoms with E-state index in [4.69, 9.17) is 5.11 Å². The summed E-state index contributed by atoms with van der Waals surface area (Å²) in [5.74, 6) is -1.73. The van der Waals surface area contributed by atoms with Crippen LogP contribution in [0.2, 0.25) is 0 Å². The third kappa shape index (κ3) is 4.82. The molecule has 0 fully saturated rings. The molecular weight excluding hydrogens is 266 g/mol. The molecule has 6 heteroatoms. The van der Waals surface area contributed by atoms with E-state index in [1.807, 2.05) is 30.3 Å². The number of nitrogens with one attached hydrogen (secondary N) is 1. The average molecular weight is 283 g/mol. The van der Waals surface area contributed by atoms with Crippen LogP contribution in [0.3, 0.4) is 0 Å². The minimum atomic E-state index is -1.38. The van der Waals surface area contributed by atoms with Crippen LogP contribution in [0, 0.1) is 0 Å². The van der Waals surface area contributed by atoms with Crippen molar-refractivity contribution in [1.29, 1.82) is 0 Å². The van der Waals surface area contributed by atoms with Crippen LogP contribution in [-0.4, -0.2) is 33.0 Å². The molecule has 0 bridgehead atoms. The van der Waals surface area contributed by atoms with E-state index in [2.05, 4.69) is 5.32 Å². The highest BCUT2D eigenvalue weighted by atomic mass is 32.2. The highest BCUT2D eigenvalue weighted by Gasteiger charge is 2.24. The molecule has 0 aliphatic heterocycles. The molecule has 5 nitrogen and oxygen atoms in total. The first-order chi connectivity index (χ1) is 8.91. The van der Waals surface area contributed by atoms with Gasteiger partial charge in [0.25, 0.3) is 0 Å². The van der Waals surface area contributed by atoms with Gasteiger partial charge >= 0.3 is 5.97 Å². The summed E-state index contributed by atoms with van der Waals surface area (Å²) in [6.07, 6.45) is 0. The second kappa shape index (κ2) is 7.04. The maximum atomic E-state index is 12.1. The Morgan fingerprint density at radius 2 is 1.89 bits per heavy atom. The van der Waals surface area contributed by atoms with Crippen LogP contribution in [0.1, 0.15) is 24.7 Å². The van der Waals surface area contributed by atoms with Crippen LogP contribution >= 0.6 is 0 Å². The van der Waals surface area contributed by atoms with Crippen molar-refractivity contribution in [2.75, 3.05) is 5.75 Å². The minimum absolute atomic E-state index is 0.106. The molecule has 19 heavy (non-hydrogen) atoms. The summed E-state index contributed by atoms with van der Waals surface area (Å²) in [6.45, 7) is 3.01. The SMILES string of the molecule is CC(=O)NC(CS(=O)C(C)c1ccccc1)C(=O)O. The van der Waals surface area contributed by atoms with E-state index < -0.39 is 28.7 Å². The number of benzene rings is 1. The van der Waals surface area contributed by atoms with Crippen LogP contribution < -0.4 is 5.32 Å². The summed E-state index contributed by atoms with van der Waals surface area (Å²) >= 11 is 0. The van der Waals surface area contributed by atoms with Gasteiger partial charge in [-0.25, -0.2) is 4.79 Å². The monoisotopic (exact) mass is 283 g/mol. The summed E-state index contributed by atoms with van der Waals surface area (Å²) < 4.78 is 12.1. The van der Waals surface area contributed by atoms with Gasteiger partial charge in [-0.15, -0.1) is 0 Å². The Hall–Kier alpha value is -1.69. The number of carbonyl (C=O) groups is 2. The number of hydrogen-bond acceptors (Lipinski definition) is 3. The predicted molar refractivity (Wildman–Crippen MR) is 73.1 cm³/mol. The van der Waals surface area contributed by atoms with Gasteiger partial charge in [0, 0.05) is 17.7 Å². The number of amides is 1. The molecule has 1 amide bonds. The number of carboxylic acid groups (broad SMARTS) is 1. The van der Waals surface area contributed by atoms with Crippen molar-refractivity contribution in [3.05, 3.63) is 35.9 Å². The molecule has 1 aromatic rings. The Kier molecular flexibility index (Phi) is 5.69. The van der Waals surface area contributed by atoms with Gasteiger partial charge in [0.15, 0.2) is 0 Å². The normalized spacial score (nSPS) is 15.3. The smallest absolute Gasteiger partial charge is 0.327 e. The molecule has 0 spiro atoms. The maximum Gasteiger partial charge on any atom is 0.327 e. The lowest BCUT2D eigenvalue weighted by Crippen LogP contribution is -2.43. The molecule has 1 aromatic carbocycles. The van der Waals surface area contributed by atoms with Gasteiger partial charge in [0.2, 0.25) is 5.91 Å². The van der Waals surface area contributed by atoms with Gasteiger partial charge in [-0.3, -0.25) is 9.00 Å². The molecule has 3 atom stereocenters. The van der Waals surface area contributed by atoms with Crippen molar-refractivity contribution in [3.63, 3.8) is 0 Å². The quantitative estimate of drug-likeness (QED) is 0.818. The summed E-state index contributed by atoms with van der Waals surface area (Å²) in [5.41, 5.74) is 0.882. The Morgan fingerprint density at radius 1 is 1.32 bits per heavy atom. The Bertz CT molecular complexity index is 475. The van der Waals surface area contributed by atoms with E-state index in [0.29, 0.717) is 0 Å². The van der Waals surface area contributed by atoms with Crippen molar-refractivity contribution < 1.29 is 18.9 Å². The predicted octanol–water partition coefficient (Wildman–Crippen LogP) is 1.09. The van der Waals surface area contributed by atoms with Gasteiger partial charge in [0.05, 0.1) is 11.0 Å². The molecule has 104 valence electrons. The van der Waals surface area contributed by atoms with E-state index >= 15 is 0 Å². The van der Waals surface area contributed by atoms with E-state index in [1.165, 1.54) is 6.92 Å². The van der Waals surface area contributed by atoms with Crippen molar-refractivity contribution in [1.82, 2.24) is 5.32 Å². The molecule has 0 saturated carbocycles. The highest BCUT2D eigenvalue weighted by Crippen LogP contribution is 2.19. The van der Waals surface area contributed by atoms with E-state index in [-0.39, 0.29) is 11.0 Å². The maximum absolute atomic E-state index is 12.1. The number of hydrogen-bond donors (Lipinski definition) is 2. The van der Waals surface area contributed by atoms with Crippen LogP contribution in [0.4, 0.5) is 0 Å². The van der Waals surface area contributed by atoms with Crippen LogP contribution in [0.25, 0.3) is 0 Å². The molecule has 0 aromatic heterocycles. The lowest BCUT2D eigenvalue weighted by Gasteiger charge is -2.16. The van der Waals surface area contributed by atoms with E-state index in [0.717, 1.165) is 5.56 Å². The standard InChI is InChI=1S/C13H17NO4S/c1-9(11-6-4-3-5-7-11)19(18)8-12(13(16)17)14-10(2)15/h3-7,9,12H,8H2,1-2H3,(H,14,15)(H,16,17). The summed E-state index contributed by atoms with van der Waals surface area (Å²) in [5, 5.41) is 11.0. The van der Waals surface area contributed by atoms with Gasteiger partial charge in [-0.05, 0) is 12.5 Å². The molecule has 0 heterocycles. The van der Waals surface area contributed by atoms with Crippen molar-refractivity contribution in [2.45, 2.75) is 25.1 Å². The lowest BCUT2D eigenvalue weighted by atomic mass is 10.2. The average Bonchev–Trinajstić information content (AvgIpc) is 2.37. The van der Waals surface area contributed by atoms with Gasteiger partial charge in [-0.1, -0.05) is 30.3 Å². The second-order valence-corrected chi connectivity index (χ2v) is 5.99. The molecule has 0 radical (unpaired) electrons. The van der Waals surface area contributed by atoms with Gasteiger partial charge in [-0.2, -0.15) is 0 Å². The topological polar surface area (TPSA) is 83.5 Å².